The van der Waals surface area contributed by atoms with Crippen molar-refractivity contribution in [2.45, 2.75) is 63.1 Å². The maximum absolute atomic E-state index is 14.1. The number of carbonyl (C=O) groups is 1. The number of benzene rings is 1. The van der Waals surface area contributed by atoms with E-state index in [0.29, 0.717) is 30.6 Å². The van der Waals surface area contributed by atoms with Crippen LogP contribution in [0.25, 0.3) is 22.0 Å². The summed E-state index contributed by atoms with van der Waals surface area (Å²) in [5.74, 6) is 1.14. The van der Waals surface area contributed by atoms with Crippen LogP contribution in [0.2, 0.25) is 0 Å². The van der Waals surface area contributed by atoms with Gasteiger partial charge >= 0.3 is 0 Å². The summed E-state index contributed by atoms with van der Waals surface area (Å²) in [5, 5.41) is 16.4. The zero-order valence-electron chi connectivity index (χ0n) is 21.8. The molecule has 1 unspecified atom stereocenters. The van der Waals surface area contributed by atoms with Crippen LogP contribution >= 0.6 is 0 Å². The van der Waals surface area contributed by atoms with Crippen LogP contribution in [0.4, 0.5) is 5.69 Å². The van der Waals surface area contributed by atoms with Crippen molar-refractivity contribution in [3.8, 4) is 17.3 Å². The zero-order chi connectivity index (χ0) is 25.8. The second-order valence-electron chi connectivity index (χ2n) is 11.3. The van der Waals surface area contributed by atoms with Crippen molar-refractivity contribution >= 4 is 22.2 Å². The highest BCUT2D eigenvalue weighted by Gasteiger charge is 2.53. The number of anilines is 1. The molecule has 7 nitrogen and oxygen atoms in total. The number of carbonyl (C=O) groups excluding carboxylic acids is 1. The Morgan fingerprint density at radius 2 is 2.11 bits per heavy atom. The molecular formula is C31H33N5O2. The SMILES string of the molecule is CCO[C@H]1C[C@@H]1C(=O)[C@H]1C(C2CC2)NCCN1c1cc(C2CC2)nc(-c2cccc3cnccc23)c1C#N. The van der Waals surface area contributed by atoms with Gasteiger partial charge < -0.3 is 15.0 Å². The van der Waals surface area contributed by atoms with Crippen LogP contribution in [-0.4, -0.2) is 53.6 Å². The van der Waals surface area contributed by atoms with E-state index in [9.17, 15) is 10.1 Å². The van der Waals surface area contributed by atoms with E-state index in [1.807, 2.05) is 31.3 Å². The van der Waals surface area contributed by atoms with Crippen molar-refractivity contribution < 1.29 is 9.53 Å². The van der Waals surface area contributed by atoms with E-state index in [-0.39, 0.29) is 29.9 Å². The van der Waals surface area contributed by atoms with Crippen molar-refractivity contribution in [3.05, 3.63) is 54.0 Å². The van der Waals surface area contributed by atoms with Gasteiger partial charge in [0, 0.05) is 66.6 Å². The number of hydrogen-bond donors (Lipinski definition) is 1. The molecular weight excluding hydrogens is 474 g/mol. The molecule has 0 bridgehead atoms. The number of hydrogen-bond acceptors (Lipinski definition) is 7. The van der Waals surface area contributed by atoms with Gasteiger partial charge in [-0.25, -0.2) is 0 Å². The first-order chi connectivity index (χ1) is 18.7. The van der Waals surface area contributed by atoms with Crippen LogP contribution < -0.4 is 10.2 Å². The van der Waals surface area contributed by atoms with Crippen LogP contribution in [0, 0.1) is 23.2 Å². The fourth-order valence-corrected chi connectivity index (χ4v) is 6.37. The van der Waals surface area contributed by atoms with Crippen LogP contribution in [0.1, 0.15) is 56.2 Å². The molecule has 38 heavy (non-hydrogen) atoms. The second kappa shape index (κ2) is 9.44. The molecule has 0 amide bonds. The lowest BCUT2D eigenvalue weighted by molar-refractivity contribution is -0.123. The first-order valence-corrected chi connectivity index (χ1v) is 14.1. The molecule has 1 aliphatic heterocycles. The Hall–Kier alpha value is -3.34. The van der Waals surface area contributed by atoms with Crippen molar-refractivity contribution in [2.24, 2.45) is 11.8 Å². The number of nitriles is 1. The molecule has 3 heterocycles. The molecule has 0 radical (unpaired) electrons. The lowest BCUT2D eigenvalue weighted by Gasteiger charge is -2.43. The molecule has 0 spiro atoms. The first kappa shape index (κ1) is 23.8. The highest BCUT2D eigenvalue weighted by atomic mass is 16.5. The van der Waals surface area contributed by atoms with Gasteiger partial charge in [-0.2, -0.15) is 5.26 Å². The van der Waals surface area contributed by atoms with Crippen molar-refractivity contribution in [1.29, 1.82) is 5.26 Å². The van der Waals surface area contributed by atoms with Crippen molar-refractivity contribution in [2.75, 3.05) is 24.6 Å². The second-order valence-corrected chi connectivity index (χ2v) is 11.3. The van der Waals surface area contributed by atoms with Gasteiger partial charge in [0.1, 0.15) is 17.7 Å². The smallest absolute Gasteiger partial charge is 0.162 e. The Balaban J connectivity index is 1.37. The van der Waals surface area contributed by atoms with Crippen LogP contribution in [0.15, 0.2) is 42.7 Å². The van der Waals surface area contributed by atoms with E-state index < -0.39 is 0 Å². The molecule has 1 aromatic carbocycles. The lowest BCUT2D eigenvalue weighted by atomic mass is 9.90. The topological polar surface area (TPSA) is 91.1 Å². The number of Topliss-reactive ketones (excluding diaryl/α,β-unsaturated/α-hetero) is 1. The van der Waals surface area contributed by atoms with Gasteiger partial charge in [0.2, 0.25) is 0 Å². The molecule has 3 aliphatic carbocycles. The molecule has 4 atom stereocenters. The molecule has 3 aromatic rings. The number of aromatic nitrogens is 2. The maximum atomic E-state index is 14.1. The van der Waals surface area contributed by atoms with Crippen molar-refractivity contribution in [1.82, 2.24) is 15.3 Å². The number of ketones is 1. The molecule has 4 fully saturated rings. The fourth-order valence-electron chi connectivity index (χ4n) is 6.37. The Kier molecular flexibility index (Phi) is 5.90. The van der Waals surface area contributed by atoms with Gasteiger partial charge in [-0.15, -0.1) is 0 Å². The van der Waals surface area contributed by atoms with Gasteiger partial charge in [0.05, 0.1) is 17.5 Å². The molecule has 4 aliphatic rings. The van der Waals surface area contributed by atoms with Crippen LogP contribution in [0.3, 0.4) is 0 Å². The maximum Gasteiger partial charge on any atom is 0.162 e. The Morgan fingerprint density at radius 3 is 2.87 bits per heavy atom. The fraction of sp³-hybridized carbons (Fsp3) is 0.484. The standard InChI is InChI=1S/C31H33N5O2/c1-2-38-27-14-23(27)31(37)30-28(19-8-9-19)34-12-13-36(30)26-15-25(18-6-7-18)35-29(24(26)16-32)22-5-3-4-20-17-33-11-10-21(20)22/h3-5,10-11,15,17-19,23,27-28,30,34H,2,6-9,12-14H2,1H3/t23-,27-,28?,30+/m0/s1. The van der Waals surface area contributed by atoms with E-state index >= 15 is 0 Å². The predicted molar refractivity (Wildman–Crippen MR) is 146 cm³/mol. The Morgan fingerprint density at radius 1 is 1.24 bits per heavy atom. The summed E-state index contributed by atoms with van der Waals surface area (Å²) in [6.45, 7) is 4.10. The monoisotopic (exact) mass is 507 g/mol. The average Bonchev–Trinajstić information content (AvgIpc) is 3.81. The van der Waals surface area contributed by atoms with Crippen molar-refractivity contribution in [3.63, 3.8) is 0 Å². The summed E-state index contributed by atoms with van der Waals surface area (Å²) in [6, 6.07) is 12.6. The molecule has 1 saturated heterocycles. The summed E-state index contributed by atoms with van der Waals surface area (Å²) in [5.41, 5.74) is 4.12. The third-order valence-electron chi connectivity index (χ3n) is 8.68. The quantitative estimate of drug-likeness (QED) is 0.477. The number of piperazine rings is 1. The summed E-state index contributed by atoms with van der Waals surface area (Å²) in [7, 11) is 0. The Bertz CT molecular complexity index is 1430. The summed E-state index contributed by atoms with van der Waals surface area (Å²) in [6.07, 6.45) is 9.01. The van der Waals surface area contributed by atoms with Gasteiger partial charge in [-0.05, 0) is 62.5 Å². The highest BCUT2D eigenvalue weighted by Crippen LogP contribution is 2.46. The molecule has 2 aromatic heterocycles. The van der Waals surface area contributed by atoms with Crippen LogP contribution in [-0.2, 0) is 9.53 Å². The molecule has 7 heteroatoms. The van der Waals surface area contributed by atoms with Gasteiger partial charge in [-0.3, -0.25) is 14.8 Å². The highest BCUT2D eigenvalue weighted by molar-refractivity contribution is 5.98. The molecule has 7 rings (SSSR count). The van der Waals surface area contributed by atoms with Crippen LogP contribution in [0.5, 0.6) is 0 Å². The summed E-state index contributed by atoms with van der Waals surface area (Å²) in [4.78, 5) is 25.7. The number of ether oxygens (including phenoxy) is 1. The third-order valence-corrected chi connectivity index (χ3v) is 8.68. The number of rotatable bonds is 8. The largest absolute Gasteiger partial charge is 0.378 e. The van der Waals surface area contributed by atoms with E-state index in [4.69, 9.17) is 9.72 Å². The number of pyridine rings is 2. The average molecular weight is 508 g/mol. The minimum absolute atomic E-state index is 0.0332. The number of nitrogens with one attached hydrogen (secondary N) is 1. The third kappa shape index (κ3) is 4.16. The normalized spacial score (nSPS) is 26.8. The van der Waals surface area contributed by atoms with E-state index in [1.54, 1.807) is 6.20 Å². The predicted octanol–water partition coefficient (Wildman–Crippen LogP) is 4.60. The summed E-state index contributed by atoms with van der Waals surface area (Å²) >= 11 is 0. The van der Waals surface area contributed by atoms with E-state index in [0.717, 1.165) is 72.1 Å². The minimum Gasteiger partial charge on any atom is -0.378 e. The molecule has 3 saturated carbocycles. The van der Waals surface area contributed by atoms with Gasteiger partial charge in [0.25, 0.3) is 0 Å². The molecule has 194 valence electrons. The number of fused-ring (bicyclic) bond motifs is 1. The molecule has 1 N–H and O–H groups in total. The minimum atomic E-state index is -0.294. The first-order valence-electron chi connectivity index (χ1n) is 14.1. The number of nitrogens with zero attached hydrogens (tertiary/aromatic N) is 4. The zero-order valence-corrected chi connectivity index (χ0v) is 21.8. The van der Waals surface area contributed by atoms with E-state index in [2.05, 4.69) is 33.4 Å². The van der Waals surface area contributed by atoms with E-state index in [1.165, 1.54) is 0 Å². The summed E-state index contributed by atoms with van der Waals surface area (Å²) < 4.78 is 5.82. The Labute approximate surface area is 223 Å². The lowest BCUT2D eigenvalue weighted by Crippen LogP contribution is -2.63. The van der Waals surface area contributed by atoms with Gasteiger partial charge in [0.15, 0.2) is 5.78 Å². The van der Waals surface area contributed by atoms with Gasteiger partial charge in [-0.1, -0.05) is 18.2 Å².